The first-order chi connectivity index (χ1) is 9.46. The minimum Gasteiger partial charge on any atom is -0.398 e. The Labute approximate surface area is 130 Å². The smallest absolute Gasteiger partial charge is 0.0595 e. The fraction of sp³-hybridized carbons (Fsp3) is 0.294. The summed E-state index contributed by atoms with van der Waals surface area (Å²) in [5.41, 5.74) is 9.64. The molecule has 3 aromatic rings. The number of nitrogens with one attached hydrogen (secondary N) is 1. The van der Waals surface area contributed by atoms with Crippen LogP contribution in [0.2, 0.25) is 0 Å². The van der Waals surface area contributed by atoms with Crippen molar-refractivity contribution in [2.45, 2.75) is 32.3 Å². The van der Waals surface area contributed by atoms with E-state index in [-0.39, 0.29) is 12.4 Å². The van der Waals surface area contributed by atoms with Crippen LogP contribution in [-0.2, 0) is 6.42 Å². The molecule has 3 rings (SSSR count). The average Bonchev–Trinajstić information content (AvgIpc) is 2.75. The van der Waals surface area contributed by atoms with E-state index in [1.807, 2.05) is 38.1 Å². The molecule has 1 aromatic heterocycles. The van der Waals surface area contributed by atoms with Gasteiger partial charge >= 0.3 is 0 Å². The Kier molecular flexibility index (Phi) is 4.17. The molecule has 0 radical (unpaired) electrons. The van der Waals surface area contributed by atoms with Crippen LogP contribution in [0, 0.1) is 0 Å². The largest absolute Gasteiger partial charge is 0.398 e. The van der Waals surface area contributed by atoms with Gasteiger partial charge in [0.2, 0.25) is 0 Å². The summed E-state index contributed by atoms with van der Waals surface area (Å²) in [6.07, 6.45) is 1.46. The Balaban J connectivity index is 0.00000161. The monoisotopic (exact) mass is 304 g/mol. The van der Waals surface area contributed by atoms with Crippen LogP contribution in [-0.4, -0.2) is 15.7 Å². The third-order valence-corrected chi connectivity index (χ3v) is 3.80. The fourth-order valence-corrected chi connectivity index (χ4v) is 2.73. The van der Waals surface area contributed by atoms with E-state index in [2.05, 4.69) is 17.1 Å². The standard InChI is InChI=1S/C17H20N2O.ClH/c1-17(2,20)10-9-11-13(18)7-8-15-16(11)12-5-3-4-6-14(12)19-15;/h3-8,19-20H,9-10,18H2,1-2H3;1H. The van der Waals surface area contributed by atoms with E-state index in [0.29, 0.717) is 6.42 Å². The van der Waals surface area contributed by atoms with E-state index in [1.165, 1.54) is 10.8 Å². The number of benzene rings is 2. The first kappa shape index (κ1) is 15.7. The van der Waals surface area contributed by atoms with Crippen LogP contribution in [0.5, 0.6) is 0 Å². The van der Waals surface area contributed by atoms with Crippen molar-refractivity contribution < 1.29 is 5.11 Å². The highest BCUT2D eigenvalue weighted by molar-refractivity contribution is 6.10. The molecular weight excluding hydrogens is 284 g/mol. The Bertz CT molecular complexity index is 771. The summed E-state index contributed by atoms with van der Waals surface area (Å²) in [7, 11) is 0. The zero-order chi connectivity index (χ0) is 14.3. The minimum absolute atomic E-state index is 0. The molecule has 0 saturated carbocycles. The number of halogens is 1. The van der Waals surface area contributed by atoms with Crippen LogP contribution in [0.4, 0.5) is 5.69 Å². The van der Waals surface area contributed by atoms with Gasteiger partial charge in [0, 0.05) is 27.5 Å². The van der Waals surface area contributed by atoms with E-state index in [1.54, 1.807) is 0 Å². The number of aryl methyl sites for hydroxylation is 1. The van der Waals surface area contributed by atoms with Crippen molar-refractivity contribution in [2.75, 3.05) is 5.73 Å². The van der Waals surface area contributed by atoms with Crippen molar-refractivity contribution in [1.29, 1.82) is 0 Å². The second-order valence-electron chi connectivity index (χ2n) is 6.04. The van der Waals surface area contributed by atoms with Gasteiger partial charge in [0.15, 0.2) is 0 Å². The number of aromatic amines is 1. The molecule has 0 aliphatic carbocycles. The van der Waals surface area contributed by atoms with E-state index >= 15 is 0 Å². The SMILES string of the molecule is CC(C)(O)CCc1c(N)ccc2[nH]c3ccccc3c12.Cl. The molecule has 0 bridgehead atoms. The maximum Gasteiger partial charge on any atom is 0.0595 e. The molecular formula is C17H21ClN2O. The zero-order valence-corrected chi connectivity index (χ0v) is 13.1. The maximum atomic E-state index is 9.96. The normalized spacial score (nSPS) is 11.8. The number of aromatic nitrogens is 1. The van der Waals surface area contributed by atoms with E-state index < -0.39 is 5.60 Å². The fourth-order valence-electron chi connectivity index (χ4n) is 2.73. The summed E-state index contributed by atoms with van der Waals surface area (Å²) in [5, 5.41) is 12.3. The molecule has 4 heteroatoms. The van der Waals surface area contributed by atoms with Crippen molar-refractivity contribution >= 4 is 39.9 Å². The average molecular weight is 305 g/mol. The van der Waals surface area contributed by atoms with E-state index in [0.717, 1.165) is 28.7 Å². The molecule has 1 heterocycles. The topological polar surface area (TPSA) is 62.0 Å². The number of fused-ring (bicyclic) bond motifs is 3. The number of hydrogen-bond donors (Lipinski definition) is 3. The molecule has 0 unspecified atom stereocenters. The zero-order valence-electron chi connectivity index (χ0n) is 12.3. The molecule has 0 spiro atoms. The van der Waals surface area contributed by atoms with Crippen molar-refractivity contribution in [3.05, 3.63) is 42.0 Å². The van der Waals surface area contributed by atoms with Crippen molar-refractivity contribution in [1.82, 2.24) is 4.98 Å². The van der Waals surface area contributed by atoms with Crippen LogP contribution < -0.4 is 5.73 Å². The Morgan fingerprint density at radius 2 is 1.81 bits per heavy atom. The molecule has 21 heavy (non-hydrogen) atoms. The Hall–Kier alpha value is -1.71. The van der Waals surface area contributed by atoms with Gasteiger partial charge in [0.05, 0.1) is 5.60 Å². The number of nitrogen functional groups attached to an aromatic ring is 1. The van der Waals surface area contributed by atoms with Crippen LogP contribution >= 0.6 is 12.4 Å². The van der Waals surface area contributed by atoms with E-state index in [4.69, 9.17) is 5.73 Å². The van der Waals surface area contributed by atoms with Crippen LogP contribution in [0.3, 0.4) is 0 Å². The second-order valence-corrected chi connectivity index (χ2v) is 6.04. The van der Waals surface area contributed by atoms with Crippen molar-refractivity contribution in [3.63, 3.8) is 0 Å². The molecule has 0 atom stereocenters. The molecule has 112 valence electrons. The van der Waals surface area contributed by atoms with Gasteiger partial charge in [-0.15, -0.1) is 12.4 Å². The lowest BCUT2D eigenvalue weighted by Gasteiger charge is -2.18. The molecule has 0 saturated heterocycles. The third kappa shape index (κ3) is 2.99. The van der Waals surface area contributed by atoms with Gasteiger partial charge in [-0.2, -0.15) is 0 Å². The predicted octanol–water partition coefficient (Wildman–Crippen LogP) is 4.03. The van der Waals surface area contributed by atoms with Crippen LogP contribution in [0.25, 0.3) is 21.8 Å². The third-order valence-electron chi connectivity index (χ3n) is 3.80. The summed E-state index contributed by atoms with van der Waals surface area (Å²) >= 11 is 0. The number of anilines is 1. The van der Waals surface area contributed by atoms with Gasteiger partial charge in [-0.3, -0.25) is 0 Å². The van der Waals surface area contributed by atoms with Gasteiger partial charge in [-0.25, -0.2) is 0 Å². The lowest BCUT2D eigenvalue weighted by atomic mass is 9.95. The molecule has 0 amide bonds. The molecule has 4 N–H and O–H groups in total. The first-order valence-corrected chi connectivity index (χ1v) is 6.96. The summed E-state index contributed by atoms with van der Waals surface area (Å²) in [6, 6.07) is 12.2. The van der Waals surface area contributed by atoms with Crippen LogP contribution in [0.15, 0.2) is 36.4 Å². The van der Waals surface area contributed by atoms with Crippen molar-refractivity contribution in [3.8, 4) is 0 Å². The highest BCUT2D eigenvalue weighted by atomic mass is 35.5. The maximum absolute atomic E-state index is 9.96. The molecule has 3 nitrogen and oxygen atoms in total. The van der Waals surface area contributed by atoms with Gasteiger partial charge in [-0.1, -0.05) is 18.2 Å². The van der Waals surface area contributed by atoms with Crippen molar-refractivity contribution in [2.24, 2.45) is 0 Å². The summed E-state index contributed by atoms with van der Waals surface area (Å²) < 4.78 is 0. The molecule has 0 aliphatic heterocycles. The number of aliphatic hydroxyl groups is 1. The molecule has 0 fully saturated rings. The number of H-pyrrole nitrogens is 1. The molecule has 0 aliphatic rings. The number of nitrogens with two attached hydrogens (primary N) is 1. The first-order valence-electron chi connectivity index (χ1n) is 6.96. The quantitative estimate of drug-likeness (QED) is 0.640. The highest BCUT2D eigenvalue weighted by Crippen LogP contribution is 2.33. The van der Waals surface area contributed by atoms with Crippen LogP contribution in [0.1, 0.15) is 25.8 Å². The summed E-state index contributed by atoms with van der Waals surface area (Å²) in [4.78, 5) is 3.42. The summed E-state index contributed by atoms with van der Waals surface area (Å²) in [6.45, 7) is 3.66. The Morgan fingerprint density at radius 1 is 1.10 bits per heavy atom. The van der Waals surface area contributed by atoms with Gasteiger partial charge in [-0.05, 0) is 50.5 Å². The Morgan fingerprint density at radius 3 is 2.52 bits per heavy atom. The van der Waals surface area contributed by atoms with Gasteiger partial charge in [0.25, 0.3) is 0 Å². The van der Waals surface area contributed by atoms with E-state index in [9.17, 15) is 5.11 Å². The highest BCUT2D eigenvalue weighted by Gasteiger charge is 2.16. The summed E-state index contributed by atoms with van der Waals surface area (Å²) in [5.74, 6) is 0. The predicted molar refractivity (Wildman–Crippen MR) is 92.1 cm³/mol. The van der Waals surface area contributed by atoms with Gasteiger partial charge in [0.1, 0.15) is 0 Å². The number of rotatable bonds is 3. The molecule has 2 aromatic carbocycles. The lowest BCUT2D eigenvalue weighted by molar-refractivity contribution is 0.0715. The number of hydrogen-bond acceptors (Lipinski definition) is 2. The van der Waals surface area contributed by atoms with Gasteiger partial charge < -0.3 is 15.8 Å². The number of para-hydroxylation sites is 1. The minimum atomic E-state index is -0.680. The lowest BCUT2D eigenvalue weighted by Crippen LogP contribution is -2.19. The second kappa shape index (κ2) is 5.58.